The normalized spacial score (nSPS) is 10.1. The molecule has 2 aromatic rings. The monoisotopic (exact) mass is 232 g/mol. The molecule has 0 bridgehead atoms. The Kier molecular flexibility index (Phi) is 2.61. The predicted molar refractivity (Wildman–Crippen MR) is 58.0 cm³/mol. The van der Waals surface area contributed by atoms with Gasteiger partial charge in [-0.2, -0.15) is 4.73 Å². The van der Waals surface area contributed by atoms with Gasteiger partial charge in [-0.25, -0.2) is 4.79 Å². The van der Waals surface area contributed by atoms with Crippen LogP contribution in [-0.4, -0.2) is 15.6 Å². The van der Waals surface area contributed by atoms with E-state index in [1.807, 2.05) is 0 Å². The lowest BCUT2D eigenvalue weighted by Gasteiger charge is -2.05. The lowest BCUT2D eigenvalue weighted by Crippen LogP contribution is -2.27. The second kappa shape index (κ2) is 4.09. The van der Waals surface area contributed by atoms with Gasteiger partial charge in [-0.15, -0.1) is 0 Å². The molecule has 0 spiro atoms. The summed E-state index contributed by atoms with van der Waals surface area (Å²) in [5, 5.41) is 19.7. The molecule has 0 unspecified atom stereocenters. The fourth-order valence-corrected chi connectivity index (χ4v) is 1.43. The average Bonchev–Trinajstić information content (AvgIpc) is 2.30. The van der Waals surface area contributed by atoms with Crippen molar-refractivity contribution in [2.75, 3.05) is 0 Å². The number of pyridine rings is 2. The number of hydrogen-bond acceptors (Lipinski definition) is 3. The maximum absolute atomic E-state index is 11.8. The first-order chi connectivity index (χ1) is 8.09. The Labute approximate surface area is 95.6 Å². The first-order valence-corrected chi connectivity index (χ1v) is 4.74. The van der Waals surface area contributed by atoms with Crippen molar-refractivity contribution in [3.05, 3.63) is 64.0 Å². The van der Waals surface area contributed by atoms with Gasteiger partial charge < -0.3 is 10.3 Å². The summed E-state index contributed by atoms with van der Waals surface area (Å²) >= 11 is 0. The van der Waals surface area contributed by atoms with E-state index >= 15 is 0 Å². The summed E-state index contributed by atoms with van der Waals surface area (Å²) in [6, 6.07) is 5.56. The van der Waals surface area contributed by atoms with E-state index in [-0.39, 0.29) is 5.56 Å². The molecule has 0 fully saturated rings. The second-order valence-corrected chi connectivity index (χ2v) is 3.32. The van der Waals surface area contributed by atoms with E-state index in [2.05, 4.69) is 0 Å². The molecule has 2 aromatic heterocycles. The van der Waals surface area contributed by atoms with Gasteiger partial charge in [0.2, 0.25) is 0 Å². The van der Waals surface area contributed by atoms with Gasteiger partial charge in [0.1, 0.15) is 5.56 Å². The van der Waals surface area contributed by atoms with Crippen LogP contribution in [-0.2, 0) is 0 Å². The molecule has 2 rings (SSSR count). The van der Waals surface area contributed by atoms with Crippen LogP contribution in [0.1, 0.15) is 10.4 Å². The summed E-state index contributed by atoms with van der Waals surface area (Å²) in [5.41, 5.74) is -0.514. The standard InChI is InChI=1S/C11H8N2O4/c14-10-9(11(15)16)2-1-5-13(10)8-3-6-12(17)7-4-8/h1-7H,(H,15,16). The van der Waals surface area contributed by atoms with Crippen molar-refractivity contribution in [3.8, 4) is 5.69 Å². The highest BCUT2D eigenvalue weighted by Crippen LogP contribution is 2.02. The minimum absolute atomic E-state index is 0.314. The van der Waals surface area contributed by atoms with Crippen LogP contribution in [0.15, 0.2) is 47.7 Å². The van der Waals surface area contributed by atoms with E-state index in [4.69, 9.17) is 5.11 Å². The van der Waals surface area contributed by atoms with Crippen LogP contribution in [0.3, 0.4) is 0 Å². The van der Waals surface area contributed by atoms with Gasteiger partial charge in [0.25, 0.3) is 5.56 Å². The third kappa shape index (κ3) is 2.00. The summed E-state index contributed by atoms with van der Waals surface area (Å²) in [6.07, 6.45) is 3.91. The molecule has 6 heteroatoms. The number of hydrogen-bond donors (Lipinski definition) is 1. The first kappa shape index (κ1) is 10.9. The van der Waals surface area contributed by atoms with Gasteiger partial charge in [0, 0.05) is 18.3 Å². The van der Waals surface area contributed by atoms with E-state index in [0.29, 0.717) is 10.4 Å². The van der Waals surface area contributed by atoms with Crippen molar-refractivity contribution in [1.29, 1.82) is 0 Å². The maximum atomic E-state index is 11.8. The molecule has 0 amide bonds. The van der Waals surface area contributed by atoms with Gasteiger partial charge in [-0.1, -0.05) is 0 Å². The quantitative estimate of drug-likeness (QED) is 0.590. The number of carbonyl (C=O) groups is 1. The zero-order valence-electron chi connectivity index (χ0n) is 8.61. The van der Waals surface area contributed by atoms with Gasteiger partial charge >= 0.3 is 5.97 Å². The molecule has 0 radical (unpaired) electrons. The van der Waals surface area contributed by atoms with Crippen molar-refractivity contribution < 1.29 is 14.6 Å². The molecule has 0 atom stereocenters. The van der Waals surface area contributed by atoms with Crippen LogP contribution < -0.4 is 10.3 Å². The Morgan fingerprint density at radius 3 is 2.53 bits per heavy atom. The molecule has 0 aromatic carbocycles. The molecule has 0 aliphatic heterocycles. The van der Waals surface area contributed by atoms with Crippen LogP contribution in [0, 0.1) is 5.21 Å². The minimum atomic E-state index is -1.28. The van der Waals surface area contributed by atoms with Gasteiger partial charge in [-0.3, -0.25) is 9.36 Å². The Bertz CT molecular complexity index is 616. The highest BCUT2D eigenvalue weighted by molar-refractivity contribution is 5.87. The molecular formula is C11H8N2O4. The van der Waals surface area contributed by atoms with Crippen LogP contribution in [0.5, 0.6) is 0 Å². The first-order valence-electron chi connectivity index (χ1n) is 4.74. The topological polar surface area (TPSA) is 86.2 Å². The number of carboxylic acid groups (broad SMARTS) is 1. The molecule has 1 N–H and O–H groups in total. The summed E-state index contributed by atoms with van der Waals surface area (Å²) in [5.74, 6) is -1.28. The van der Waals surface area contributed by atoms with E-state index in [0.717, 1.165) is 0 Å². The van der Waals surface area contributed by atoms with Crippen LogP contribution in [0.4, 0.5) is 0 Å². The Morgan fingerprint density at radius 2 is 1.94 bits per heavy atom. The van der Waals surface area contributed by atoms with E-state index < -0.39 is 11.5 Å². The molecule has 2 heterocycles. The number of carboxylic acids is 1. The molecule has 6 nitrogen and oxygen atoms in total. The summed E-state index contributed by atoms with van der Waals surface area (Å²) in [7, 11) is 0. The van der Waals surface area contributed by atoms with E-state index in [1.165, 1.54) is 47.4 Å². The molecule has 0 aliphatic rings. The third-order valence-electron chi connectivity index (χ3n) is 2.24. The van der Waals surface area contributed by atoms with Crippen LogP contribution in [0.25, 0.3) is 5.69 Å². The number of nitrogens with zero attached hydrogens (tertiary/aromatic N) is 2. The SMILES string of the molecule is O=C(O)c1cccn(-c2cc[n+]([O-])cc2)c1=O. The van der Waals surface area contributed by atoms with Crippen LogP contribution >= 0.6 is 0 Å². The molecule has 17 heavy (non-hydrogen) atoms. The van der Waals surface area contributed by atoms with Crippen molar-refractivity contribution >= 4 is 5.97 Å². The Balaban J connectivity index is 2.61. The Morgan fingerprint density at radius 1 is 1.29 bits per heavy atom. The van der Waals surface area contributed by atoms with Gasteiger partial charge in [-0.05, 0) is 12.1 Å². The summed E-state index contributed by atoms with van der Waals surface area (Å²) < 4.78 is 1.75. The number of rotatable bonds is 2. The van der Waals surface area contributed by atoms with Gasteiger partial charge in [0.05, 0.1) is 5.69 Å². The average molecular weight is 232 g/mol. The van der Waals surface area contributed by atoms with Crippen molar-refractivity contribution in [2.45, 2.75) is 0 Å². The number of aromatic nitrogens is 2. The predicted octanol–water partition coefficient (Wildman–Crippen LogP) is 0.169. The zero-order chi connectivity index (χ0) is 12.4. The van der Waals surface area contributed by atoms with Crippen molar-refractivity contribution in [2.24, 2.45) is 0 Å². The fraction of sp³-hybridized carbons (Fsp3) is 0. The smallest absolute Gasteiger partial charge is 0.341 e. The second-order valence-electron chi connectivity index (χ2n) is 3.32. The zero-order valence-corrected chi connectivity index (χ0v) is 8.61. The summed E-state index contributed by atoms with van der Waals surface area (Å²) in [4.78, 5) is 22.6. The molecule has 0 saturated carbocycles. The molecular weight excluding hydrogens is 224 g/mol. The minimum Gasteiger partial charge on any atom is -0.619 e. The highest BCUT2D eigenvalue weighted by Gasteiger charge is 2.11. The molecule has 86 valence electrons. The fourth-order valence-electron chi connectivity index (χ4n) is 1.43. The largest absolute Gasteiger partial charge is 0.619 e. The van der Waals surface area contributed by atoms with Gasteiger partial charge in [0.15, 0.2) is 12.4 Å². The number of aromatic carboxylic acids is 1. The van der Waals surface area contributed by atoms with E-state index in [9.17, 15) is 14.8 Å². The van der Waals surface area contributed by atoms with Crippen molar-refractivity contribution in [3.63, 3.8) is 0 Å². The lowest BCUT2D eigenvalue weighted by atomic mass is 10.2. The summed E-state index contributed by atoms with van der Waals surface area (Å²) in [6.45, 7) is 0. The Hall–Kier alpha value is -2.63. The molecule has 0 aliphatic carbocycles. The van der Waals surface area contributed by atoms with Crippen molar-refractivity contribution in [1.82, 2.24) is 4.57 Å². The highest BCUT2D eigenvalue weighted by atomic mass is 16.5. The molecule has 0 saturated heterocycles. The third-order valence-corrected chi connectivity index (χ3v) is 2.24. The maximum Gasteiger partial charge on any atom is 0.341 e. The lowest BCUT2D eigenvalue weighted by molar-refractivity contribution is -0.605. The van der Waals surface area contributed by atoms with Crippen LogP contribution in [0.2, 0.25) is 0 Å². The van der Waals surface area contributed by atoms with E-state index in [1.54, 1.807) is 0 Å².